The zero-order valence-corrected chi connectivity index (χ0v) is 10.9. The maximum atomic E-state index is 12.0. The highest BCUT2D eigenvalue weighted by atomic mass is 16.2. The van der Waals surface area contributed by atoms with Crippen LogP contribution in [0.3, 0.4) is 0 Å². The van der Waals surface area contributed by atoms with Crippen molar-refractivity contribution in [1.29, 1.82) is 0 Å². The molecule has 1 fully saturated rings. The van der Waals surface area contributed by atoms with E-state index in [2.05, 4.69) is 11.9 Å². The summed E-state index contributed by atoms with van der Waals surface area (Å²) >= 11 is 0. The molecule has 1 amide bonds. The average molecular weight is 227 g/mol. The average Bonchev–Trinajstić information content (AvgIpc) is 2.62. The van der Waals surface area contributed by atoms with Crippen LogP contribution in [0.15, 0.2) is 0 Å². The van der Waals surface area contributed by atoms with Gasteiger partial charge in [-0.15, -0.1) is 0 Å². The molecule has 16 heavy (non-hydrogen) atoms. The molecule has 0 radical (unpaired) electrons. The van der Waals surface area contributed by atoms with Gasteiger partial charge in [0, 0.05) is 25.7 Å². The van der Waals surface area contributed by atoms with Gasteiger partial charge in [0.2, 0.25) is 5.91 Å². The molecule has 1 heterocycles. The first-order valence-electron chi connectivity index (χ1n) is 6.14. The van der Waals surface area contributed by atoms with Crippen molar-refractivity contribution in [2.75, 3.05) is 27.2 Å². The minimum absolute atomic E-state index is 0.0729. The van der Waals surface area contributed by atoms with Gasteiger partial charge < -0.3 is 15.5 Å². The molecule has 0 spiro atoms. The number of carbonyl (C=O) groups is 1. The van der Waals surface area contributed by atoms with E-state index in [1.807, 2.05) is 25.8 Å². The number of rotatable bonds is 4. The molecule has 0 aliphatic carbocycles. The fraction of sp³-hybridized carbons (Fsp3) is 0.917. The van der Waals surface area contributed by atoms with E-state index in [0.717, 1.165) is 13.1 Å². The maximum absolute atomic E-state index is 12.0. The van der Waals surface area contributed by atoms with Crippen molar-refractivity contribution in [3.05, 3.63) is 0 Å². The molecule has 2 N–H and O–H groups in total. The smallest absolute Gasteiger partial charge is 0.226 e. The highest BCUT2D eigenvalue weighted by Crippen LogP contribution is 2.16. The van der Waals surface area contributed by atoms with Crippen LogP contribution in [-0.2, 0) is 4.79 Å². The number of nitrogens with zero attached hydrogens (tertiary/aromatic N) is 2. The maximum Gasteiger partial charge on any atom is 0.226 e. The standard InChI is InChI=1S/C12H25N3O/c1-9(10(2)13)12(16)15(4)8-11-6-5-7-14(11)3/h9-11H,5-8,13H2,1-4H3. The Balaban J connectivity index is 2.45. The van der Waals surface area contributed by atoms with E-state index in [-0.39, 0.29) is 17.9 Å². The number of nitrogens with two attached hydrogens (primary N) is 1. The van der Waals surface area contributed by atoms with Crippen LogP contribution in [0.25, 0.3) is 0 Å². The monoisotopic (exact) mass is 227 g/mol. The zero-order chi connectivity index (χ0) is 12.3. The van der Waals surface area contributed by atoms with Gasteiger partial charge in [0.05, 0.1) is 5.92 Å². The van der Waals surface area contributed by atoms with E-state index >= 15 is 0 Å². The summed E-state index contributed by atoms with van der Waals surface area (Å²) in [5.74, 6) is 0.0759. The van der Waals surface area contributed by atoms with E-state index in [1.54, 1.807) is 0 Å². The number of likely N-dealkylation sites (tertiary alicyclic amines) is 1. The van der Waals surface area contributed by atoms with Crippen molar-refractivity contribution in [1.82, 2.24) is 9.80 Å². The summed E-state index contributed by atoms with van der Waals surface area (Å²) in [6, 6.07) is 0.450. The summed E-state index contributed by atoms with van der Waals surface area (Å²) in [6.07, 6.45) is 2.44. The third kappa shape index (κ3) is 3.19. The van der Waals surface area contributed by atoms with Crippen molar-refractivity contribution in [3.8, 4) is 0 Å². The Labute approximate surface area is 98.8 Å². The van der Waals surface area contributed by atoms with E-state index < -0.39 is 0 Å². The molecule has 3 atom stereocenters. The zero-order valence-electron chi connectivity index (χ0n) is 10.9. The lowest BCUT2D eigenvalue weighted by Crippen LogP contribution is -2.44. The molecule has 0 aromatic carbocycles. The van der Waals surface area contributed by atoms with Gasteiger partial charge in [-0.05, 0) is 33.4 Å². The second-order valence-corrected chi connectivity index (χ2v) is 5.14. The number of hydrogen-bond donors (Lipinski definition) is 1. The van der Waals surface area contributed by atoms with Crippen molar-refractivity contribution in [3.63, 3.8) is 0 Å². The third-order valence-electron chi connectivity index (χ3n) is 3.71. The molecule has 0 saturated carbocycles. The summed E-state index contributed by atoms with van der Waals surface area (Å²) in [7, 11) is 4.01. The van der Waals surface area contributed by atoms with E-state index in [1.165, 1.54) is 12.8 Å². The predicted molar refractivity (Wildman–Crippen MR) is 66.1 cm³/mol. The Hall–Kier alpha value is -0.610. The highest BCUT2D eigenvalue weighted by Gasteiger charge is 2.26. The van der Waals surface area contributed by atoms with Crippen molar-refractivity contribution in [2.24, 2.45) is 11.7 Å². The van der Waals surface area contributed by atoms with E-state index in [0.29, 0.717) is 6.04 Å². The summed E-state index contributed by atoms with van der Waals surface area (Å²) < 4.78 is 0. The molecule has 3 unspecified atom stereocenters. The Bertz CT molecular complexity index is 242. The lowest BCUT2D eigenvalue weighted by atomic mass is 10.0. The van der Waals surface area contributed by atoms with Gasteiger partial charge in [0.25, 0.3) is 0 Å². The van der Waals surface area contributed by atoms with Crippen LogP contribution in [0.5, 0.6) is 0 Å². The number of amides is 1. The third-order valence-corrected chi connectivity index (χ3v) is 3.71. The van der Waals surface area contributed by atoms with Gasteiger partial charge in [-0.1, -0.05) is 6.92 Å². The molecule has 0 aromatic rings. The van der Waals surface area contributed by atoms with Crippen LogP contribution in [0, 0.1) is 5.92 Å². The lowest BCUT2D eigenvalue weighted by molar-refractivity contribution is -0.134. The summed E-state index contributed by atoms with van der Waals surface area (Å²) in [4.78, 5) is 16.2. The largest absolute Gasteiger partial charge is 0.344 e. The van der Waals surface area contributed by atoms with Crippen LogP contribution >= 0.6 is 0 Å². The summed E-state index contributed by atoms with van der Waals surface area (Å²) in [6.45, 7) is 5.77. The summed E-state index contributed by atoms with van der Waals surface area (Å²) in [5.41, 5.74) is 5.75. The summed E-state index contributed by atoms with van der Waals surface area (Å²) in [5, 5.41) is 0. The molecule has 4 nitrogen and oxygen atoms in total. The fourth-order valence-corrected chi connectivity index (χ4v) is 2.19. The van der Waals surface area contributed by atoms with Crippen LogP contribution in [0.4, 0.5) is 0 Å². The first-order valence-corrected chi connectivity index (χ1v) is 6.14. The Morgan fingerprint density at radius 3 is 2.62 bits per heavy atom. The minimum atomic E-state index is -0.0864. The Morgan fingerprint density at radius 1 is 1.56 bits per heavy atom. The van der Waals surface area contributed by atoms with Gasteiger partial charge in [0.15, 0.2) is 0 Å². The SMILES string of the molecule is CC(N)C(C)C(=O)N(C)CC1CCCN1C. The fourth-order valence-electron chi connectivity index (χ4n) is 2.19. The molecule has 0 aromatic heterocycles. The van der Waals surface area contributed by atoms with Crippen LogP contribution < -0.4 is 5.73 Å². The molecule has 0 bridgehead atoms. The van der Waals surface area contributed by atoms with Gasteiger partial charge >= 0.3 is 0 Å². The lowest BCUT2D eigenvalue weighted by Gasteiger charge is -2.28. The van der Waals surface area contributed by atoms with Gasteiger partial charge in [-0.25, -0.2) is 0 Å². The van der Waals surface area contributed by atoms with Crippen LogP contribution in [-0.4, -0.2) is 55.0 Å². The highest BCUT2D eigenvalue weighted by molar-refractivity contribution is 5.78. The Kier molecular flexibility index (Phi) is 4.74. The predicted octanol–water partition coefficient (Wildman–Crippen LogP) is 0.522. The Morgan fingerprint density at radius 2 is 2.19 bits per heavy atom. The quantitative estimate of drug-likeness (QED) is 0.762. The van der Waals surface area contributed by atoms with Gasteiger partial charge in [0.1, 0.15) is 0 Å². The first-order chi connectivity index (χ1) is 7.43. The second-order valence-electron chi connectivity index (χ2n) is 5.14. The topological polar surface area (TPSA) is 49.6 Å². The molecule has 1 aliphatic heterocycles. The molecule has 4 heteroatoms. The molecule has 1 aliphatic rings. The minimum Gasteiger partial charge on any atom is -0.344 e. The van der Waals surface area contributed by atoms with E-state index in [9.17, 15) is 4.79 Å². The van der Waals surface area contributed by atoms with Gasteiger partial charge in [-0.2, -0.15) is 0 Å². The second kappa shape index (κ2) is 5.64. The molecular weight excluding hydrogens is 202 g/mol. The van der Waals surface area contributed by atoms with Gasteiger partial charge in [-0.3, -0.25) is 4.79 Å². The number of likely N-dealkylation sites (N-methyl/N-ethyl adjacent to an activating group) is 2. The van der Waals surface area contributed by atoms with Crippen molar-refractivity contribution < 1.29 is 4.79 Å². The van der Waals surface area contributed by atoms with Crippen LogP contribution in [0.1, 0.15) is 26.7 Å². The molecular formula is C12H25N3O. The molecule has 1 rings (SSSR count). The molecule has 94 valence electrons. The number of carbonyl (C=O) groups excluding carboxylic acids is 1. The van der Waals surface area contributed by atoms with Crippen molar-refractivity contribution >= 4 is 5.91 Å². The number of hydrogen-bond acceptors (Lipinski definition) is 3. The first kappa shape index (κ1) is 13.5. The van der Waals surface area contributed by atoms with E-state index in [4.69, 9.17) is 5.73 Å². The normalized spacial score (nSPS) is 25.4. The van der Waals surface area contributed by atoms with Crippen molar-refractivity contribution in [2.45, 2.75) is 38.8 Å². The molecule has 1 saturated heterocycles. The van der Waals surface area contributed by atoms with Crippen LogP contribution in [0.2, 0.25) is 0 Å².